The highest BCUT2D eigenvalue weighted by Gasteiger charge is 2.22. The Balaban J connectivity index is 1.46. The first kappa shape index (κ1) is 18.8. The first-order valence-electron chi connectivity index (χ1n) is 10.3. The second-order valence-electron chi connectivity index (χ2n) is 7.52. The highest BCUT2D eigenvalue weighted by atomic mass is 16.5. The fourth-order valence-corrected chi connectivity index (χ4v) is 4.10. The van der Waals surface area contributed by atoms with Gasteiger partial charge >= 0.3 is 5.97 Å². The van der Waals surface area contributed by atoms with Crippen molar-refractivity contribution >= 4 is 16.9 Å². The van der Waals surface area contributed by atoms with Crippen LogP contribution in [0.5, 0.6) is 0 Å². The Morgan fingerprint density at radius 2 is 1.79 bits per heavy atom. The van der Waals surface area contributed by atoms with Crippen molar-refractivity contribution in [2.24, 2.45) is 0 Å². The molecule has 1 aromatic heterocycles. The number of carbonyl (C=O) groups excluding carboxylic acids is 1. The molecular weight excluding hydrogens is 348 g/mol. The number of fused-ring (bicyclic) bond motifs is 1. The molecule has 28 heavy (non-hydrogen) atoms. The number of esters is 1. The van der Waals surface area contributed by atoms with Gasteiger partial charge in [0, 0.05) is 42.7 Å². The van der Waals surface area contributed by atoms with E-state index >= 15 is 0 Å². The molecule has 2 aromatic carbocycles. The molecule has 1 aliphatic rings. The van der Waals surface area contributed by atoms with Crippen molar-refractivity contribution in [1.82, 2.24) is 9.88 Å². The fraction of sp³-hybridized carbons (Fsp3) is 0.375. The Hall–Kier alpha value is -2.59. The highest BCUT2D eigenvalue weighted by Crippen LogP contribution is 2.31. The lowest BCUT2D eigenvalue weighted by atomic mass is 10.0. The molecule has 0 spiro atoms. The smallest absolute Gasteiger partial charge is 0.305 e. The Morgan fingerprint density at radius 1 is 1.07 bits per heavy atom. The molecular formula is C24H28N2O2. The van der Waals surface area contributed by atoms with Crippen molar-refractivity contribution in [3.05, 3.63) is 60.2 Å². The van der Waals surface area contributed by atoms with E-state index in [1.807, 2.05) is 6.92 Å². The van der Waals surface area contributed by atoms with Gasteiger partial charge < -0.3 is 14.6 Å². The van der Waals surface area contributed by atoms with Crippen molar-refractivity contribution in [1.29, 1.82) is 0 Å². The van der Waals surface area contributed by atoms with Crippen LogP contribution in [0.15, 0.2) is 54.6 Å². The van der Waals surface area contributed by atoms with Crippen molar-refractivity contribution in [3.8, 4) is 11.3 Å². The predicted molar refractivity (Wildman–Crippen MR) is 113 cm³/mol. The zero-order valence-electron chi connectivity index (χ0n) is 16.5. The lowest BCUT2D eigenvalue weighted by molar-refractivity contribution is -0.150. The zero-order valence-corrected chi connectivity index (χ0v) is 16.5. The molecule has 0 aliphatic carbocycles. The van der Waals surface area contributed by atoms with Gasteiger partial charge in [-0.1, -0.05) is 55.5 Å². The quantitative estimate of drug-likeness (QED) is 0.629. The third-order valence-corrected chi connectivity index (χ3v) is 5.68. The minimum absolute atomic E-state index is 0.0789. The number of nitrogens with one attached hydrogen (secondary N) is 1. The van der Waals surface area contributed by atoms with E-state index in [2.05, 4.69) is 64.5 Å². The van der Waals surface area contributed by atoms with Crippen molar-refractivity contribution in [2.75, 3.05) is 19.6 Å². The number of carbonyl (C=O) groups is 1. The monoisotopic (exact) mass is 376 g/mol. The van der Waals surface area contributed by atoms with E-state index in [0.29, 0.717) is 6.42 Å². The van der Waals surface area contributed by atoms with Crippen LogP contribution in [0.2, 0.25) is 0 Å². The molecule has 3 aromatic rings. The predicted octanol–water partition coefficient (Wildman–Crippen LogP) is 4.80. The molecule has 1 N–H and O–H groups in total. The molecule has 4 rings (SSSR count). The summed E-state index contributed by atoms with van der Waals surface area (Å²) in [5.41, 5.74) is 5.05. The third-order valence-electron chi connectivity index (χ3n) is 5.68. The van der Waals surface area contributed by atoms with Crippen LogP contribution in [0.25, 0.3) is 22.2 Å². The van der Waals surface area contributed by atoms with Crippen molar-refractivity contribution < 1.29 is 9.53 Å². The van der Waals surface area contributed by atoms with Gasteiger partial charge in [-0.3, -0.25) is 4.79 Å². The summed E-state index contributed by atoms with van der Waals surface area (Å²) >= 11 is 0. The summed E-state index contributed by atoms with van der Waals surface area (Å²) in [5.74, 6) is -0.0789. The molecule has 0 radical (unpaired) electrons. The summed E-state index contributed by atoms with van der Waals surface area (Å²) < 4.78 is 5.50. The van der Waals surface area contributed by atoms with Gasteiger partial charge in [0.05, 0.1) is 0 Å². The molecule has 1 saturated heterocycles. The molecule has 0 unspecified atom stereocenters. The molecule has 2 heterocycles. The Morgan fingerprint density at radius 3 is 2.54 bits per heavy atom. The van der Waals surface area contributed by atoms with Crippen molar-refractivity contribution in [2.45, 2.75) is 38.7 Å². The topological polar surface area (TPSA) is 45.3 Å². The van der Waals surface area contributed by atoms with Gasteiger partial charge in [0.15, 0.2) is 0 Å². The first-order chi connectivity index (χ1) is 13.7. The molecule has 146 valence electrons. The van der Waals surface area contributed by atoms with Gasteiger partial charge in [0.2, 0.25) is 0 Å². The SMILES string of the molecule is CCC(=O)OC1CCN(CCc2c(-c3ccccc3)[nH]c3ccccc23)CC1. The van der Waals surface area contributed by atoms with E-state index in [9.17, 15) is 4.79 Å². The van der Waals surface area contributed by atoms with Gasteiger partial charge in [-0.05, 0) is 36.5 Å². The van der Waals surface area contributed by atoms with E-state index in [-0.39, 0.29) is 12.1 Å². The number of hydrogen-bond donors (Lipinski definition) is 1. The number of nitrogens with zero attached hydrogens (tertiary/aromatic N) is 1. The van der Waals surface area contributed by atoms with Crippen LogP contribution in [0.1, 0.15) is 31.7 Å². The Kier molecular flexibility index (Phi) is 5.77. The van der Waals surface area contributed by atoms with Crippen LogP contribution in [-0.2, 0) is 16.0 Å². The van der Waals surface area contributed by atoms with Crippen LogP contribution in [0, 0.1) is 0 Å². The van der Waals surface area contributed by atoms with Crippen LogP contribution in [-0.4, -0.2) is 41.6 Å². The maximum absolute atomic E-state index is 11.5. The first-order valence-corrected chi connectivity index (χ1v) is 10.3. The number of H-pyrrole nitrogens is 1. The molecule has 1 aliphatic heterocycles. The van der Waals surface area contributed by atoms with Gasteiger partial charge in [0.25, 0.3) is 0 Å². The largest absolute Gasteiger partial charge is 0.462 e. The van der Waals surface area contributed by atoms with Crippen molar-refractivity contribution in [3.63, 3.8) is 0 Å². The lowest BCUT2D eigenvalue weighted by Gasteiger charge is -2.31. The minimum Gasteiger partial charge on any atom is -0.462 e. The Labute approximate surface area is 166 Å². The second-order valence-corrected chi connectivity index (χ2v) is 7.52. The third kappa shape index (κ3) is 4.12. The summed E-state index contributed by atoms with van der Waals surface area (Å²) in [5, 5.41) is 1.31. The van der Waals surface area contributed by atoms with Gasteiger partial charge in [-0.25, -0.2) is 0 Å². The number of likely N-dealkylation sites (tertiary alicyclic amines) is 1. The fourth-order valence-electron chi connectivity index (χ4n) is 4.10. The van der Waals surface area contributed by atoms with Gasteiger partial charge in [-0.15, -0.1) is 0 Å². The van der Waals surface area contributed by atoms with E-state index in [1.54, 1.807) is 0 Å². The van der Waals surface area contributed by atoms with E-state index in [4.69, 9.17) is 4.74 Å². The zero-order chi connectivity index (χ0) is 19.3. The Bertz CT molecular complexity index is 924. The van der Waals surface area contributed by atoms with Gasteiger partial charge in [-0.2, -0.15) is 0 Å². The number of aromatic nitrogens is 1. The molecule has 0 atom stereocenters. The lowest BCUT2D eigenvalue weighted by Crippen LogP contribution is -2.38. The van der Waals surface area contributed by atoms with Crippen LogP contribution in [0.4, 0.5) is 0 Å². The summed E-state index contributed by atoms with van der Waals surface area (Å²) in [6, 6.07) is 19.1. The maximum Gasteiger partial charge on any atom is 0.305 e. The summed E-state index contributed by atoms with van der Waals surface area (Å²) in [4.78, 5) is 17.6. The van der Waals surface area contributed by atoms with Crippen LogP contribution >= 0.6 is 0 Å². The average Bonchev–Trinajstić information content (AvgIpc) is 3.12. The molecule has 4 nitrogen and oxygen atoms in total. The second kappa shape index (κ2) is 8.61. The van der Waals surface area contributed by atoms with Crippen LogP contribution in [0.3, 0.4) is 0 Å². The standard InChI is InChI=1S/C24H28N2O2/c1-2-23(27)28-19-12-15-26(16-13-19)17-14-21-20-10-6-7-11-22(20)25-24(21)18-8-4-3-5-9-18/h3-11,19,25H,2,12-17H2,1H3. The average molecular weight is 377 g/mol. The number of aromatic amines is 1. The molecule has 0 saturated carbocycles. The summed E-state index contributed by atoms with van der Waals surface area (Å²) in [7, 11) is 0. The summed E-state index contributed by atoms with van der Waals surface area (Å²) in [6.07, 6.45) is 3.43. The molecule has 0 amide bonds. The summed E-state index contributed by atoms with van der Waals surface area (Å²) in [6.45, 7) is 4.86. The normalized spacial score (nSPS) is 15.8. The number of piperidine rings is 1. The molecule has 0 bridgehead atoms. The minimum atomic E-state index is -0.0789. The van der Waals surface area contributed by atoms with E-state index < -0.39 is 0 Å². The van der Waals surface area contributed by atoms with E-state index in [0.717, 1.165) is 38.9 Å². The molecule has 4 heteroatoms. The maximum atomic E-state index is 11.5. The number of hydrogen-bond acceptors (Lipinski definition) is 3. The van der Waals surface area contributed by atoms with E-state index in [1.165, 1.54) is 27.7 Å². The molecule has 1 fully saturated rings. The number of para-hydroxylation sites is 1. The number of benzene rings is 2. The number of rotatable bonds is 6. The van der Waals surface area contributed by atoms with Crippen LogP contribution < -0.4 is 0 Å². The number of ether oxygens (including phenoxy) is 1. The van der Waals surface area contributed by atoms with Gasteiger partial charge in [0.1, 0.15) is 6.10 Å². The highest BCUT2D eigenvalue weighted by molar-refractivity contribution is 5.90.